The Bertz CT molecular complexity index is 580. The van der Waals surface area contributed by atoms with Crippen LogP contribution in [-0.2, 0) is 13.7 Å². The number of aromatic carboxylic acids is 1. The highest BCUT2D eigenvalue weighted by atomic mass is 19.1. The molecule has 0 radical (unpaired) electrons. The Morgan fingerprint density at radius 2 is 2.33 bits per heavy atom. The van der Waals surface area contributed by atoms with E-state index >= 15 is 0 Å². The number of aromatic nitrogens is 2. The van der Waals surface area contributed by atoms with Gasteiger partial charge in [-0.15, -0.1) is 0 Å². The molecule has 0 atom stereocenters. The fourth-order valence-electron chi connectivity index (χ4n) is 1.47. The number of ether oxygens (including phenoxy) is 1. The fourth-order valence-corrected chi connectivity index (χ4v) is 1.47. The minimum absolute atomic E-state index is 0.159. The van der Waals surface area contributed by atoms with Crippen LogP contribution in [0.2, 0.25) is 0 Å². The van der Waals surface area contributed by atoms with Crippen molar-refractivity contribution in [2.24, 2.45) is 7.05 Å². The molecule has 1 aromatic heterocycles. The van der Waals surface area contributed by atoms with Crippen molar-refractivity contribution in [3.63, 3.8) is 0 Å². The van der Waals surface area contributed by atoms with E-state index in [2.05, 4.69) is 5.10 Å². The first kappa shape index (κ1) is 12.1. The average Bonchev–Trinajstić information content (AvgIpc) is 2.74. The second kappa shape index (κ2) is 4.87. The number of rotatable bonds is 4. The zero-order valence-electron chi connectivity index (χ0n) is 9.63. The molecule has 1 heterocycles. The highest BCUT2D eigenvalue weighted by Crippen LogP contribution is 2.14. The number of hydrogen-bond donors (Lipinski definition) is 1. The number of hydrogen-bond acceptors (Lipinski definition) is 3. The zero-order valence-corrected chi connectivity index (χ0v) is 9.63. The van der Waals surface area contributed by atoms with E-state index in [1.807, 2.05) is 0 Å². The minimum Gasteiger partial charge on any atom is -0.486 e. The van der Waals surface area contributed by atoms with Crippen molar-refractivity contribution in [1.82, 2.24) is 9.78 Å². The topological polar surface area (TPSA) is 64.3 Å². The molecule has 0 bridgehead atoms. The minimum atomic E-state index is -1.30. The predicted octanol–water partition coefficient (Wildman–Crippen LogP) is 1.84. The summed E-state index contributed by atoms with van der Waals surface area (Å²) in [6, 6.07) is 3.86. The maximum absolute atomic E-state index is 13.2. The van der Waals surface area contributed by atoms with E-state index < -0.39 is 11.8 Å². The Kier molecular flexibility index (Phi) is 3.27. The largest absolute Gasteiger partial charge is 0.486 e. The van der Waals surface area contributed by atoms with Gasteiger partial charge in [0.15, 0.2) is 5.75 Å². The van der Waals surface area contributed by atoms with Crippen molar-refractivity contribution in [3.8, 4) is 5.75 Å². The van der Waals surface area contributed by atoms with Crippen molar-refractivity contribution >= 4 is 5.97 Å². The van der Waals surface area contributed by atoms with E-state index in [0.717, 1.165) is 6.07 Å². The third-order valence-electron chi connectivity index (χ3n) is 2.35. The van der Waals surface area contributed by atoms with Gasteiger partial charge in [0, 0.05) is 7.05 Å². The lowest BCUT2D eigenvalue weighted by molar-refractivity contribution is 0.0691. The van der Waals surface area contributed by atoms with Crippen molar-refractivity contribution in [2.75, 3.05) is 0 Å². The van der Waals surface area contributed by atoms with E-state index in [-0.39, 0.29) is 12.2 Å². The molecule has 18 heavy (non-hydrogen) atoms. The summed E-state index contributed by atoms with van der Waals surface area (Å²) < 4.78 is 20.1. The van der Waals surface area contributed by atoms with E-state index in [1.165, 1.54) is 12.1 Å². The fraction of sp³-hybridized carbons (Fsp3) is 0.167. The number of nitrogens with zero attached hydrogens (tertiary/aromatic N) is 2. The third kappa shape index (κ3) is 2.65. The van der Waals surface area contributed by atoms with Gasteiger partial charge in [0.25, 0.3) is 0 Å². The number of halogens is 1. The van der Waals surface area contributed by atoms with Gasteiger partial charge in [0.1, 0.15) is 12.4 Å². The third-order valence-corrected chi connectivity index (χ3v) is 2.35. The number of aryl methyl sites for hydroxylation is 1. The molecule has 0 unspecified atom stereocenters. The molecule has 94 valence electrons. The average molecular weight is 250 g/mol. The lowest BCUT2D eigenvalue weighted by atomic mass is 10.1. The molecule has 5 nitrogen and oxygen atoms in total. The molecular formula is C12H11FN2O3. The Labute approximate surface area is 102 Å². The van der Waals surface area contributed by atoms with Crippen LogP contribution in [0.15, 0.2) is 30.6 Å². The summed E-state index contributed by atoms with van der Waals surface area (Å²) in [6.45, 7) is 0.159. The van der Waals surface area contributed by atoms with Gasteiger partial charge in [-0.25, -0.2) is 9.18 Å². The molecule has 2 aromatic rings. The second-order valence-electron chi connectivity index (χ2n) is 3.76. The van der Waals surface area contributed by atoms with Crippen LogP contribution < -0.4 is 4.74 Å². The van der Waals surface area contributed by atoms with Crippen LogP contribution in [0.1, 0.15) is 15.9 Å². The molecule has 0 saturated heterocycles. The van der Waals surface area contributed by atoms with Gasteiger partial charge in [0.05, 0.1) is 18.0 Å². The molecule has 2 rings (SSSR count). The second-order valence-corrected chi connectivity index (χ2v) is 3.76. The molecule has 0 spiro atoms. The normalized spacial score (nSPS) is 10.3. The summed E-state index contributed by atoms with van der Waals surface area (Å²) >= 11 is 0. The molecule has 1 N–H and O–H groups in total. The number of carboxylic acid groups (broad SMARTS) is 1. The highest BCUT2D eigenvalue weighted by Gasteiger charge is 2.11. The van der Waals surface area contributed by atoms with Crippen molar-refractivity contribution in [1.29, 1.82) is 0 Å². The zero-order chi connectivity index (χ0) is 13.1. The summed E-state index contributed by atoms with van der Waals surface area (Å²) in [5.74, 6) is -1.48. The number of carbonyl (C=O) groups is 1. The molecular weight excluding hydrogens is 239 g/mol. The van der Waals surface area contributed by atoms with Crippen LogP contribution in [0.5, 0.6) is 5.75 Å². The molecule has 1 aromatic carbocycles. The number of carboxylic acids is 1. The van der Waals surface area contributed by atoms with Crippen LogP contribution in [0.25, 0.3) is 0 Å². The van der Waals surface area contributed by atoms with Crippen molar-refractivity contribution < 1.29 is 19.0 Å². The lowest BCUT2D eigenvalue weighted by Gasteiger charge is -2.05. The summed E-state index contributed by atoms with van der Waals surface area (Å²) in [4.78, 5) is 10.8. The summed E-state index contributed by atoms with van der Waals surface area (Å²) in [5.41, 5.74) is 0.222. The number of benzene rings is 1. The Balaban J connectivity index is 2.10. The SMILES string of the molecule is Cn1cc(OCc2ccc(F)c(C(=O)O)c2)cn1. The molecule has 6 heteroatoms. The Hall–Kier alpha value is -2.37. The lowest BCUT2D eigenvalue weighted by Crippen LogP contribution is -2.03. The maximum Gasteiger partial charge on any atom is 0.338 e. The van der Waals surface area contributed by atoms with E-state index in [1.54, 1.807) is 24.1 Å². The van der Waals surface area contributed by atoms with Gasteiger partial charge >= 0.3 is 5.97 Å². The maximum atomic E-state index is 13.2. The Morgan fingerprint density at radius 1 is 1.56 bits per heavy atom. The van der Waals surface area contributed by atoms with Crippen molar-refractivity contribution in [3.05, 3.63) is 47.5 Å². The smallest absolute Gasteiger partial charge is 0.338 e. The van der Waals surface area contributed by atoms with Gasteiger partial charge in [-0.3, -0.25) is 4.68 Å². The first-order chi connectivity index (χ1) is 8.56. The first-order valence-corrected chi connectivity index (χ1v) is 5.19. The standard InChI is InChI=1S/C12H11FN2O3/c1-15-6-9(5-14-15)18-7-8-2-3-11(13)10(4-8)12(16)17/h2-6H,7H2,1H3,(H,16,17). The van der Waals surface area contributed by atoms with Gasteiger partial charge in [0.2, 0.25) is 0 Å². The van der Waals surface area contributed by atoms with E-state index in [0.29, 0.717) is 11.3 Å². The highest BCUT2D eigenvalue weighted by molar-refractivity contribution is 5.88. The van der Waals surface area contributed by atoms with Gasteiger partial charge in [-0.05, 0) is 17.7 Å². The van der Waals surface area contributed by atoms with Crippen LogP contribution in [0.3, 0.4) is 0 Å². The molecule has 0 aliphatic heterocycles. The van der Waals surface area contributed by atoms with Gasteiger partial charge in [-0.2, -0.15) is 5.10 Å². The van der Waals surface area contributed by atoms with E-state index in [4.69, 9.17) is 9.84 Å². The molecule has 0 saturated carbocycles. The van der Waals surface area contributed by atoms with Gasteiger partial charge in [-0.1, -0.05) is 6.07 Å². The molecule has 0 aliphatic carbocycles. The predicted molar refractivity (Wildman–Crippen MR) is 60.9 cm³/mol. The first-order valence-electron chi connectivity index (χ1n) is 5.19. The molecule has 0 aliphatic rings. The van der Waals surface area contributed by atoms with Gasteiger partial charge < -0.3 is 9.84 Å². The Morgan fingerprint density at radius 3 is 2.94 bits per heavy atom. The molecule has 0 fully saturated rings. The van der Waals surface area contributed by atoms with Crippen molar-refractivity contribution in [2.45, 2.75) is 6.61 Å². The molecule has 0 amide bonds. The van der Waals surface area contributed by atoms with Crippen LogP contribution in [0.4, 0.5) is 4.39 Å². The summed E-state index contributed by atoms with van der Waals surface area (Å²) in [5, 5.41) is 12.7. The van der Waals surface area contributed by atoms with Crippen LogP contribution >= 0.6 is 0 Å². The summed E-state index contributed by atoms with van der Waals surface area (Å²) in [7, 11) is 1.76. The summed E-state index contributed by atoms with van der Waals surface area (Å²) in [6.07, 6.45) is 3.23. The quantitative estimate of drug-likeness (QED) is 0.899. The monoisotopic (exact) mass is 250 g/mol. The van der Waals surface area contributed by atoms with Crippen LogP contribution in [0, 0.1) is 5.82 Å². The van der Waals surface area contributed by atoms with E-state index in [9.17, 15) is 9.18 Å². The van der Waals surface area contributed by atoms with Crippen LogP contribution in [-0.4, -0.2) is 20.9 Å².